The molecule has 4 rings (SSSR count). The third-order valence-electron chi connectivity index (χ3n) is 5.02. The molecule has 2 aromatic heterocycles. The predicted molar refractivity (Wildman–Crippen MR) is 109 cm³/mol. The maximum atomic E-state index is 12.0. The van der Waals surface area contributed by atoms with E-state index in [1.807, 2.05) is 18.3 Å². The third kappa shape index (κ3) is 4.82. The Hall–Kier alpha value is -3.02. The summed E-state index contributed by atoms with van der Waals surface area (Å²) < 4.78 is 5.62. The molecule has 3 aromatic rings. The molecular formula is C22H26N4O2. The fourth-order valence-electron chi connectivity index (χ4n) is 3.15. The van der Waals surface area contributed by atoms with E-state index in [1.165, 1.54) is 29.4 Å². The van der Waals surface area contributed by atoms with Gasteiger partial charge in [0.2, 0.25) is 5.88 Å². The lowest BCUT2D eigenvalue weighted by molar-refractivity contribution is 0.240. The lowest BCUT2D eigenvalue weighted by Gasteiger charge is -2.08. The molecule has 1 saturated carbocycles. The first kappa shape index (κ1) is 18.3. The van der Waals surface area contributed by atoms with Gasteiger partial charge in [0.1, 0.15) is 0 Å². The van der Waals surface area contributed by atoms with Crippen LogP contribution in [0, 0.1) is 12.8 Å². The van der Waals surface area contributed by atoms with Crippen LogP contribution in [0.4, 0.5) is 4.79 Å². The first-order valence-electron chi connectivity index (χ1n) is 9.83. The fourth-order valence-corrected chi connectivity index (χ4v) is 3.15. The van der Waals surface area contributed by atoms with Gasteiger partial charge in [-0.3, -0.25) is 0 Å². The Morgan fingerprint density at radius 1 is 1.25 bits per heavy atom. The van der Waals surface area contributed by atoms with Crippen molar-refractivity contribution in [2.24, 2.45) is 5.92 Å². The number of H-pyrrole nitrogens is 1. The SMILES string of the molecule is Cc1ccc2c(CCNC(=O)NCc3ccc(OCC4CC4)nc3)c[nH]c2c1. The zero-order valence-electron chi connectivity index (χ0n) is 16.1. The standard InChI is InChI=1S/C22H26N4O2/c1-15-2-6-19-18(13-24-20(19)10-15)8-9-23-22(27)26-12-17-5-7-21(25-11-17)28-14-16-3-4-16/h2,5-7,10-11,13,16,24H,3-4,8-9,12,14H2,1H3,(H2,23,26,27). The summed E-state index contributed by atoms with van der Waals surface area (Å²) in [6.45, 7) is 3.85. The maximum Gasteiger partial charge on any atom is 0.315 e. The summed E-state index contributed by atoms with van der Waals surface area (Å²) >= 11 is 0. The van der Waals surface area contributed by atoms with Crippen LogP contribution < -0.4 is 15.4 Å². The molecule has 2 amide bonds. The van der Waals surface area contributed by atoms with E-state index in [1.54, 1.807) is 6.20 Å². The van der Waals surface area contributed by atoms with E-state index in [9.17, 15) is 4.79 Å². The fraction of sp³-hybridized carbons (Fsp3) is 0.364. The minimum atomic E-state index is -0.176. The van der Waals surface area contributed by atoms with Crippen LogP contribution in [0.2, 0.25) is 0 Å². The van der Waals surface area contributed by atoms with Crippen molar-refractivity contribution >= 4 is 16.9 Å². The molecule has 2 heterocycles. The van der Waals surface area contributed by atoms with E-state index in [2.05, 4.69) is 45.7 Å². The second kappa shape index (κ2) is 8.33. The Labute approximate surface area is 164 Å². The first-order chi connectivity index (χ1) is 13.7. The molecule has 1 fully saturated rings. The number of aromatic amines is 1. The largest absolute Gasteiger partial charge is 0.477 e. The summed E-state index contributed by atoms with van der Waals surface area (Å²) in [6, 6.07) is 9.98. The molecule has 0 bridgehead atoms. The summed E-state index contributed by atoms with van der Waals surface area (Å²) in [5.41, 5.74) is 4.52. The van der Waals surface area contributed by atoms with Gasteiger partial charge in [0.25, 0.3) is 0 Å². The molecule has 1 aliphatic rings. The zero-order valence-corrected chi connectivity index (χ0v) is 16.1. The highest BCUT2D eigenvalue weighted by molar-refractivity contribution is 5.83. The molecule has 0 spiro atoms. The summed E-state index contributed by atoms with van der Waals surface area (Å²) in [5.74, 6) is 1.36. The minimum Gasteiger partial charge on any atom is -0.477 e. The molecule has 6 heteroatoms. The Balaban J connectivity index is 1.19. The molecule has 0 aliphatic heterocycles. The van der Waals surface area contributed by atoms with Gasteiger partial charge in [-0.25, -0.2) is 9.78 Å². The van der Waals surface area contributed by atoms with Crippen LogP contribution in [0.25, 0.3) is 10.9 Å². The monoisotopic (exact) mass is 378 g/mol. The molecule has 1 aliphatic carbocycles. The van der Waals surface area contributed by atoms with Gasteiger partial charge in [0.15, 0.2) is 0 Å². The molecule has 0 unspecified atom stereocenters. The van der Waals surface area contributed by atoms with Crippen LogP contribution in [0.1, 0.15) is 29.5 Å². The van der Waals surface area contributed by atoms with E-state index in [-0.39, 0.29) is 6.03 Å². The molecule has 6 nitrogen and oxygen atoms in total. The number of fused-ring (bicyclic) bond motifs is 1. The van der Waals surface area contributed by atoms with Crippen molar-refractivity contribution in [3.8, 4) is 5.88 Å². The Bertz CT molecular complexity index is 945. The van der Waals surface area contributed by atoms with Gasteiger partial charge in [-0.1, -0.05) is 18.2 Å². The average Bonchev–Trinajstić information content (AvgIpc) is 3.45. The molecule has 146 valence electrons. The van der Waals surface area contributed by atoms with Crippen LogP contribution in [-0.2, 0) is 13.0 Å². The highest BCUT2D eigenvalue weighted by Gasteiger charge is 2.22. The van der Waals surface area contributed by atoms with E-state index in [0.29, 0.717) is 24.9 Å². The van der Waals surface area contributed by atoms with Crippen molar-refractivity contribution in [2.75, 3.05) is 13.2 Å². The van der Waals surface area contributed by atoms with Crippen molar-refractivity contribution in [3.05, 3.63) is 59.4 Å². The van der Waals surface area contributed by atoms with Crippen molar-refractivity contribution in [1.82, 2.24) is 20.6 Å². The lowest BCUT2D eigenvalue weighted by Crippen LogP contribution is -2.36. The lowest BCUT2D eigenvalue weighted by atomic mass is 10.1. The molecule has 28 heavy (non-hydrogen) atoms. The minimum absolute atomic E-state index is 0.176. The number of benzene rings is 1. The number of carbonyl (C=O) groups excluding carboxylic acids is 1. The Kier molecular flexibility index (Phi) is 5.46. The maximum absolute atomic E-state index is 12.0. The van der Waals surface area contributed by atoms with Crippen LogP contribution >= 0.6 is 0 Å². The van der Waals surface area contributed by atoms with Gasteiger partial charge in [-0.05, 0) is 54.9 Å². The smallest absolute Gasteiger partial charge is 0.315 e. The number of nitrogens with zero attached hydrogens (tertiary/aromatic N) is 1. The van der Waals surface area contributed by atoms with Gasteiger partial charge in [-0.2, -0.15) is 0 Å². The highest BCUT2D eigenvalue weighted by Crippen LogP contribution is 2.29. The number of pyridine rings is 1. The molecule has 1 aromatic carbocycles. The summed E-state index contributed by atoms with van der Waals surface area (Å²) in [6.07, 6.45) is 7.07. The molecule has 0 radical (unpaired) electrons. The number of rotatable bonds is 8. The highest BCUT2D eigenvalue weighted by atomic mass is 16.5. The van der Waals surface area contributed by atoms with Gasteiger partial charge < -0.3 is 20.4 Å². The van der Waals surface area contributed by atoms with E-state index in [0.717, 1.165) is 24.1 Å². The number of hydrogen-bond donors (Lipinski definition) is 3. The molecule has 0 saturated heterocycles. The second-order valence-corrected chi connectivity index (χ2v) is 7.48. The predicted octanol–water partition coefficient (Wildman–Crippen LogP) is 3.70. The number of carbonyl (C=O) groups is 1. The average molecular weight is 378 g/mol. The van der Waals surface area contributed by atoms with E-state index in [4.69, 9.17) is 4.74 Å². The van der Waals surface area contributed by atoms with Crippen molar-refractivity contribution < 1.29 is 9.53 Å². The molecule has 3 N–H and O–H groups in total. The van der Waals surface area contributed by atoms with Crippen molar-refractivity contribution in [3.63, 3.8) is 0 Å². The first-order valence-corrected chi connectivity index (χ1v) is 9.83. The number of ether oxygens (including phenoxy) is 1. The van der Waals surface area contributed by atoms with Gasteiger partial charge in [0, 0.05) is 42.5 Å². The Morgan fingerprint density at radius 2 is 2.14 bits per heavy atom. The van der Waals surface area contributed by atoms with Crippen LogP contribution in [-0.4, -0.2) is 29.2 Å². The number of aromatic nitrogens is 2. The number of amides is 2. The number of aryl methyl sites for hydroxylation is 1. The normalized spacial score (nSPS) is 13.5. The number of urea groups is 1. The van der Waals surface area contributed by atoms with E-state index < -0.39 is 0 Å². The van der Waals surface area contributed by atoms with Crippen LogP contribution in [0.15, 0.2) is 42.7 Å². The second-order valence-electron chi connectivity index (χ2n) is 7.48. The van der Waals surface area contributed by atoms with Crippen LogP contribution in [0.5, 0.6) is 5.88 Å². The van der Waals surface area contributed by atoms with Gasteiger partial charge in [0.05, 0.1) is 6.61 Å². The molecule has 0 atom stereocenters. The summed E-state index contributed by atoms with van der Waals surface area (Å²) in [4.78, 5) is 19.6. The summed E-state index contributed by atoms with van der Waals surface area (Å²) in [5, 5.41) is 6.99. The van der Waals surface area contributed by atoms with Crippen molar-refractivity contribution in [1.29, 1.82) is 0 Å². The van der Waals surface area contributed by atoms with E-state index >= 15 is 0 Å². The quantitative estimate of drug-likeness (QED) is 0.559. The molecular weight excluding hydrogens is 352 g/mol. The van der Waals surface area contributed by atoms with Gasteiger partial charge in [-0.15, -0.1) is 0 Å². The number of nitrogens with one attached hydrogen (secondary N) is 3. The van der Waals surface area contributed by atoms with Crippen LogP contribution in [0.3, 0.4) is 0 Å². The third-order valence-corrected chi connectivity index (χ3v) is 5.02. The van der Waals surface area contributed by atoms with Crippen molar-refractivity contribution in [2.45, 2.75) is 32.7 Å². The zero-order chi connectivity index (χ0) is 19.3. The summed E-state index contributed by atoms with van der Waals surface area (Å²) in [7, 11) is 0. The van der Waals surface area contributed by atoms with Gasteiger partial charge >= 0.3 is 6.03 Å². The Morgan fingerprint density at radius 3 is 2.93 bits per heavy atom. The topological polar surface area (TPSA) is 79.0 Å². The number of hydrogen-bond acceptors (Lipinski definition) is 3.